The first-order chi connectivity index (χ1) is 12.1. The molecule has 0 fully saturated rings. The van der Waals surface area contributed by atoms with E-state index in [-0.39, 0.29) is 12.5 Å². The number of fused-ring (bicyclic) bond motifs is 1. The van der Waals surface area contributed by atoms with Crippen LogP contribution in [0.4, 0.5) is 0 Å². The van der Waals surface area contributed by atoms with Gasteiger partial charge in [0.25, 0.3) is 0 Å². The molecular formula is C20H20N2O3. The summed E-state index contributed by atoms with van der Waals surface area (Å²) in [7, 11) is 0. The molecule has 0 unspecified atom stereocenters. The molecule has 1 aromatic heterocycles. The van der Waals surface area contributed by atoms with Crippen LogP contribution in [0.2, 0.25) is 0 Å². The molecule has 128 valence electrons. The molecule has 1 amide bonds. The van der Waals surface area contributed by atoms with Crippen LogP contribution in [0.3, 0.4) is 0 Å². The minimum Gasteiger partial charge on any atom is -0.437 e. The molecule has 5 nitrogen and oxygen atoms in total. The fourth-order valence-corrected chi connectivity index (χ4v) is 2.56. The molecule has 0 spiro atoms. The average Bonchev–Trinajstić information content (AvgIpc) is 3.02. The first kappa shape index (κ1) is 16.9. The van der Waals surface area contributed by atoms with Gasteiger partial charge in [0, 0.05) is 25.2 Å². The second-order valence-electron chi connectivity index (χ2n) is 5.91. The van der Waals surface area contributed by atoms with Gasteiger partial charge in [0.2, 0.25) is 11.8 Å². The molecule has 0 radical (unpaired) electrons. The highest BCUT2D eigenvalue weighted by atomic mass is 16.3. The van der Waals surface area contributed by atoms with E-state index in [0.717, 1.165) is 11.1 Å². The minimum absolute atomic E-state index is 0.202. The topological polar surface area (TPSA) is 66.6 Å². The van der Waals surface area contributed by atoms with Gasteiger partial charge in [0.15, 0.2) is 5.58 Å². The summed E-state index contributed by atoms with van der Waals surface area (Å²) < 4.78 is 5.58. The van der Waals surface area contributed by atoms with Gasteiger partial charge >= 0.3 is 0 Å². The van der Waals surface area contributed by atoms with Gasteiger partial charge in [-0.15, -0.1) is 0 Å². The number of hydrogen-bond donors (Lipinski definition) is 1. The summed E-state index contributed by atoms with van der Waals surface area (Å²) in [5, 5.41) is 9.68. The molecule has 2 aromatic carbocycles. The van der Waals surface area contributed by atoms with E-state index in [0.29, 0.717) is 18.0 Å². The Bertz CT molecular complexity index is 836. The van der Waals surface area contributed by atoms with Crippen LogP contribution >= 0.6 is 0 Å². The van der Waals surface area contributed by atoms with Crippen molar-refractivity contribution in [3.05, 3.63) is 72.1 Å². The fourth-order valence-electron chi connectivity index (χ4n) is 2.56. The molecule has 0 saturated heterocycles. The molecular weight excluding hydrogens is 316 g/mol. The maximum Gasteiger partial charge on any atom is 0.247 e. The smallest absolute Gasteiger partial charge is 0.247 e. The number of carbonyl (C=O) groups excluding carboxylic acids is 1. The van der Waals surface area contributed by atoms with Crippen molar-refractivity contribution >= 4 is 23.1 Å². The van der Waals surface area contributed by atoms with Gasteiger partial charge in [-0.1, -0.05) is 42.5 Å². The van der Waals surface area contributed by atoms with Crippen LogP contribution < -0.4 is 0 Å². The van der Waals surface area contributed by atoms with Gasteiger partial charge in [-0.05, 0) is 24.6 Å². The molecule has 0 aliphatic carbocycles. The first-order valence-electron chi connectivity index (χ1n) is 8.16. The van der Waals surface area contributed by atoms with E-state index < -0.39 is 6.10 Å². The largest absolute Gasteiger partial charge is 0.437 e. The molecule has 1 atom stereocenters. The number of hydrogen-bond acceptors (Lipinski definition) is 4. The standard InChI is InChI=1S/C20H20N2O3/c1-15(23)13-22(14-16-7-3-2-4-8-16)20(24)12-11-19-21-17-9-5-6-10-18(17)25-19/h2-12,15,23H,13-14H2,1H3/b12-11+/t15-/m1/s1. The number of benzene rings is 2. The van der Waals surface area contributed by atoms with Crippen LogP contribution in [0.25, 0.3) is 17.2 Å². The quantitative estimate of drug-likeness (QED) is 0.702. The summed E-state index contributed by atoms with van der Waals surface area (Å²) in [6.45, 7) is 2.35. The summed E-state index contributed by atoms with van der Waals surface area (Å²) in [5.41, 5.74) is 2.44. The van der Waals surface area contributed by atoms with Gasteiger partial charge in [0.05, 0.1) is 6.10 Å². The summed E-state index contributed by atoms with van der Waals surface area (Å²) in [5.74, 6) is 0.179. The predicted molar refractivity (Wildman–Crippen MR) is 96.6 cm³/mol. The summed E-state index contributed by atoms with van der Waals surface area (Å²) in [6.07, 6.45) is 2.38. The normalized spacial score (nSPS) is 12.6. The lowest BCUT2D eigenvalue weighted by Crippen LogP contribution is -2.35. The number of oxazole rings is 1. The van der Waals surface area contributed by atoms with Crippen molar-refractivity contribution < 1.29 is 14.3 Å². The highest BCUT2D eigenvalue weighted by Crippen LogP contribution is 2.15. The van der Waals surface area contributed by atoms with Gasteiger partial charge in [-0.3, -0.25) is 4.79 Å². The highest BCUT2D eigenvalue weighted by molar-refractivity contribution is 5.91. The Hall–Kier alpha value is -2.92. The van der Waals surface area contributed by atoms with Gasteiger partial charge in [0.1, 0.15) is 5.52 Å². The van der Waals surface area contributed by atoms with Crippen LogP contribution in [0, 0.1) is 0 Å². The Labute approximate surface area is 146 Å². The zero-order valence-electron chi connectivity index (χ0n) is 14.0. The van der Waals surface area contributed by atoms with Gasteiger partial charge in [-0.2, -0.15) is 0 Å². The molecule has 1 heterocycles. The number of aliphatic hydroxyl groups is 1. The van der Waals surface area contributed by atoms with Crippen LogP contribution in [0.1, 0.15) is 18.4 Å². The van der Waals surface area contributed by atoms with E-state index in [4.69, 9.17) is 4.42 Å². The van der Waals surface area contributed by atoms with Crippen molar-refractivity contribution in [1.82, 2.24) is 9.88 Å². The molecule has 0 aliphatic rings. The molecule has 0 bridgehead atoms. The van der Waals surface area contributed by atoms with Crippen LogP contribution in [-0.2, 0) is 11.3 Å². The molecule has 3 aromatic rings. The van der Waals surface area contributed by atoms with E-state index in [2.05, 4.69) is 4.98 Å². The van der Waals surface area contributed by atoms with E-state index in [1.54, 1.807) is 17.9 Å². The summed E-state index contributed by atoms with van der Waals surface area (Å²) >= 11 is 0. The number of amides is 1. The number of aliphatic hydroxyl groups excluding tert-OH is 1. The number of aromatic nitrogens is 1. The second kappa shape index (κ2) is 7.77. The number of rotatable bonds is 6. The molecule has 0 saturated carbocycles. The Morgan fingerprint density at radius 3 is 2.64 bits per heavy atom. The van der Waals surface area contributed by atoms with E-state index in [1.165, 1.54) is 6.08 Å². The Balaban J connectivity index is 1.74. The van der Waals surface area contributed by atoms with Crippen molar-refractivity contribution in [2.75, 3.05) is 6.54 Å². The number of nitrogens with zero attached hydrogens (tertiary/aromatic N) is 2. The van der Waals surface area contributed by atoms with Crippen molar-refractivity contribution in [3.8, 4) is 0 Å². The highest BCUT2D eigenvalue weighted by Gasteiger charge is 2.14. The molecule has 1 N–H and O–H groups in total. The van der Waals surface area contributed by atoms with Gasteiger partial charge < -0.3 is 14.4 Å². The monoisotopic (exact) mass is 336 g/mol. The molecule has 3 rings (SSSR count). The van der Waals surface area contributed by atoms with Crippen LogP contribution in [-0.4, -0.2) is 33.5 Å². The molecule has 0 aliphatic heterocycles. The van der Waals surface area contributed by atoms with Gasteiger partial charge in [-0.25, -0.2) is 4.98 Å². The maximum absolute atomic E-state index is 12.5. The third kappa shape index (κ3) is 4.55. The average molecular weight is 336 g/mol. The zero-order chi connectivity index (χ0) is 17.6. The maximum atomic E-state index is 12.5. The predicted octanol–water partition coefficient (Wildman–Crippen LogP) is 3.25. The Kier molecular flexibility index (Phi) is 5.26. The molecule has 5 heteroatoms. The second-order valence-corrected chi connectivity index (χ2v) is 5.91. The van der Waals surface area contributed by atoms with Crippen molar-refractivity contribution in [1.29, 1.82) is 0 Å². The summed E-state index contributed by atoms with van der Waals surface area (Å²) in [4.78, 5) is 18.4. The Morgan fingerprint density at radius 2 is 1.92 bits per heavy atom. The Morgan fingerprint density at radius 1 is 1.20 bits per heavy atom. The third-order valence-electron chi connectivity index (χ3n) is 3.69. The van der Waals surface area contributed by atoms with E-state index in [9.17, 15) is 9.90 Å². The van der Waals surface area contributed by atoms with E-state index in [1.807, 2.05) is 54.6 Å². The lowest BCUT2D eigenvalue weighted by atomic mass is 10.2. The summed E-state index contributed by atoms with van der Waals surface area (Å²) in [6, 6.07) is 17.1. The fraction of sp³-hybridized carbons (Fsp3) is 0.200. The number of para-hydroxylation sites is 2. The minimum atomic E-state index is -0.606. The van der Waals surface area contributed by atoms with Crippen molar-refractivity contribution in [2.45, 2.75) is 19.6 Å². The third-order valence-corrected chi connectivity index (χ3v) is 3.69. The van der Waals surface area contributed by atoms with Crippen molar-refractivity contribution in [3.63, 3.8) is 0 Å². The number of carbonyl (C=O) groups is 1. The van der Waals surface area contributed by atoms with E-state index >= 15 is 0 Å². The first-order valence-corrected chi connectivity index (χ1v) is 8.16. The lowest BCUT2D eigenvalue weighted by molar-refractivity contribution is -0.127. The molecule has 25 heavy (non-hydrogen) atoms. The van der Waals surface area contributed by atoms with Crippen LogP contribution in [0.5, 0.6) is 0 Å². The SMILES string of the molecule is C[C@@H](O)CN(Cc1ccccc1)C(=O)/C=C/c1nc2ccccc2o1. The lowest BCUT2D eigenvalue weighted by Gasteiger charge is -2.22. The zero-order valence-corrected chi connectivity index (χ0v) is 14.0. The van der Waals surface area contributed by atoms with Crippen LogP contribution in [0.15, 0.2) is 65.1 Å². The van der Waals surface area contributed by atoms with Crippen molar-refractivity contribution in [2.24, 2.45) is 0 Å².